The molecule has 3 N–H and O–H groups in total. The van der Waals surface area contributed by atoms with E-state index in [1.165, 1.54) is 0 Å². The van der Waals surface area contributed by atoms with E-state index >= 15 is 0 Å². The van der Waals surface area contributed by atoms with Crippen LogP contribution in [-0.4, -0.2) is 14.7 Å². The minimum atomic E-state index is -4.64. The number of phosphoric acid groups is 1. The predicted molar refractivity (Wildman–Crippen MR) is 14.3 cm³/mol. The summed E-state index contributed by atoms with van der Waals surface area (Å²) in [4.78, 5) is 21.6. The molecule has 0 aliphatic heterocycles. The molecule has 7 heavy (non-hydrogen) atoms. The standard InChI is InChI=1S/Fe.Ni.H3O4P/c;;1-5(2,3)4/h;;(H3,1,2,3,4). The van der Waals surface area contributed by atoms with Crippen molar-refractivity contribution in [1.29, 1.82) is 0 Å². The van der Waals surface area contributed by atoms with Crippen LogP contribution in [0.3, 0.4) is 0 Å². The van der Waals surface area contributed by atoms with Gasteiger partial charge in [0, 0.05) is 33.6 Å². The van der Waals surface area contributed by atoms with Gasteiger partial charge >= 0.3 is 7.82 Å². The summed E-state index contributed by atoms with van der Waals surface area (Å²) < 4.78 is 8.88. The largest absolute Gasteiger partial charge is 0.466 e. The molecule has 0 aromatic rings. The number of hydrogen-bond donors (Lipinski definition) is 3. The van der Waals surface area contributed by atoms with E-state index in [0.29, 0.717) is 0 Å². The van der Waals surface area contributed by atoms with Crippen molar-refractivity contribution in [3.05, 3.63) is 0 Å². The van der Waals surface area contributed by atoms with Crippen molar-refractivity contribution in [3.8, 4) is 0 Å². The molecule has 0 aliphatic carbocycles. The van der Waals surface area contributed by atoms with Gasteiger partial charge in [0.15, 0.2) is 0 Å². The van der Waals surface area contributed by atoms with Crippen LogP contribution in [0.2, 0.25) is 0 Å². The fourth-order valence-electron chi connectivity index (χ4n) is 0. The summed E-state index contributed by atoms with van der Waals surface area (Å²) in [6.45, 7) is 0. The maximum atomic E-state index is 8.88. The van der Waals surface area contributed by atoms with Gasteiger partial charge in [-0.3, -0.25) is 0 Å². The zero-order valence-electron chi connectivity index (χ0n) is 2.87. The van der Waals surface area contributed by atoms with E-state index in [2.05, 4.69) is 0 Å². The summed E-state index contributed by atoms with van der Waals surface area (Å²) in [7, 11) is -4.64. The predicted octanol–water partition coefficient (Wildman–Crippen LogP) is -0.934. The first-order chi connectivity index (χ1) is 2.00. The molecule has 0 amide bonds. The Morgan fingerprint density at radius 2 is 1.14 bits per heavy atom. The smallest absolute Gasteiger partial charge is 0.303 e. The number of rotatable bonds is 0. The van der Waals surface area contributed by atoms with Gasteiger partial charge in [0.25, 0.3) is 0 Å². The maximum absolute atomic E-state index is 8.88. The van der Waals surface area contributed by atoms with E-state index < -0.39 is 7.82 Å². The maximum Gasteiger partial charge on any atom is 0.466 e. The topological polar surface area (TPSA) is 77.8 Å². The van der Waals surface area contributed by atoms with Crippen molar-refractivity contribution in [2.75, 3.05) is 0 Å². The summed E-state index contributed by atoms with van der Waals surface area (Å²) in [6.07, 6.45) is 0. The van der Waals surface area contributed by atoms with Crippen molar-refractivity contribution < 1.29 is 52.8 Å². The second-order valence-electron chi connectivity index (χ2n) is 0.513. The van der Waals surface area contributed by atoms with Crippen molar-refractivity contribution in [2.45, 2.75) is 0 Å². The second kappa shape index (κ2) is 5.26. The fraction of sp³-hybridized carbons (Fsp3) is 0. The first-order valence-electron chi connectivity index (χ1n) is 0.783. The molecule has 50 valence electrons. The molecule has 0 fully saturated rings. The minimum Gasteiger partial charge on any atom is -0.303 e. The van der Waals surface area contributed by atoms with E-state index in [1.807, 2.05) is 0 Å². The Bertz CT molecular complexity index is 57.8. The van der Waals surface area contributed by atoms with Crippen LogP contribution in [-0.2, 0) is 38.1 Å². The zero-order valence-corrected chi connectivity index (χ0v) is 5.85. The molecule has 0 aromatic heterocycles. The van der Waals surface area contributed by atoms with Gasteiger partial charge in [0.05, 0.1) is 0 Å². The van der Waals surface area contributed by atoms with Crippen molar-refractivity contribution in [3.63, 3.8) is 0 Å². The third kappa shape index (κ3) is 148. The molecular formula is H3FeNiO4P. The molecule has 0 heterocycles. The van der Waals surface area contributed by atoms with Crippen LogP contribution >= 0.6 is 7.82 Å². The third-order valence-corrected chi connectivity index (χ3v) is 0. The molecular weight excluding hydrogens is 210 g/mol. The molecule has 0 bridgehead atoms. The van der Waals surface area contributed by atoms with Gasteiger partial charge in [0.2, 0.25) is 0 Å². The molecule has 0 saturated carbocycles. The Labute approximate surface area is 60.9 Å². The van der Waals surface area contributed by atoms with Crippen LogP contribution in [0.15, 0.2) is 0 Å². The molecule has 0 saturated heterocycles. The monoisotopic (exact) mass is 212 g/mol. The van der Waals surface area contributed by atoms with Crippen LogP contribution in [0.1, 0.15) is 0 Å². The molecule has 0 aromatic carbocycles. The van der Waals surface area contributed by atoms with Crippen molar-refractivity contribution in [2.24, 2.45) is 0 Å². The van der Waals surface area contributed by atoms with Crippen molar-refractivity contribution in [1.82, 2.24) is 0 Å². The van der Waals surface area contributed by atoms with Gasteiger partial charge in [-0.25, -0.2) is 4.57 Å². The number of hydrogen-bond acceptors (Lipinski definition) is 1. The van der Waals surface area contributed by atoms with Gasteiger partial charge in [-0.15, -0.1) is 0 Å². The average molecular weight is 213 g/mol. The Morgan fingerprint density at radius 3 is 1.14 bits per heavy atom. The fourth-order valence-corrected chi connectivity index (χ4v) is 0. The Hall–Kier alpha value is 1.12. The van der Waals surface area contributed by atoms with Crippen LogP contribution in [0.5, 0.6) is 0 Å². The third-order valence-electron chi connectivity index (χ3n) is 0. The SMILES string of the molecule is O=P(O)(O)O.[Fe].[Ni]. The van der Waals surface area contributed by atoms with Gasteiger partial charge in [-0.1, -0.05) is 0 Å². The van der Waals surface area contributed by atoms with Crippen LogP contribution in [0, 0.1) is 0 Å². The molecule has 0 atom stereocenters. The first-order valence-corrected chi connectivity index (χ1v) is 2.35. The second-order valence-corrected chi connectivity index (χ2v) is 1.54. The van der Waals surface area contributed by atoms with Crippen LogP contribution in [0.25, 0.3) is 0 Å². The first kappa shape index (κ1) is 15.7. The molecule has 0 aliphatic rings. The molecule has 0 rings (SSSR count). The summed E-state index contributed by atoms with van der Waals surface area (Å²) in [5.74, 6) is 0. The summed E-state index contributed by atoms with van der Waals surface area (Å²) in [5.41, 5.74) is 0. The quantitative estimate of drug-likeness (QED) is 0.358. The van der Waals surface area contributed by atoms with E-state index in [4.69, 9.17) is 19.2 Å². The summed E-state index contributed by atoms with van der Waals surface area (Å²) in [5, 5.41) is 0. The zero-order chi connectivity index (χ0) is 4.50. The Balaban J connectivity index is -0.0000000800. The summed E-state index contributed by atoms with van der Waals surface area (Å²) >= 11 is 0. The van der Waals surface area contributed by atoms with E-state index in [1.54, 1.807) is 0 Å². The molecule has 7 heteroatoms. The molecule has 0 radical (unpaired) electrons. The molecule has 0 spiro atoms. The summed E-state index contributed by atoms with van der Waals surface area (Å²) in [6, 6.07) is 0. The van der Waals surface area contributed by atoms with Gasteiger partial charge in [0.1, 0.15) is 0 Å². The minimum absolute atomic E-state index is 0. The Morgan fingerprint density at radius 1 is 1.14 bits per heavy atom. The van der Waals surface area contributed by atoms with Gasteiger partial charge < -0.3 is 14.7 Å². The molecule has 4 nitrogen and oxygen atoms in total. The van der Waals surface area contributed by atoms with E-state index in [-0.39, 0.29) is 33.6 Å². The van der Waals surface area contributed by atoms with Crippen molar-refractivity contribution >= 4 is 7.82 Å². The van der Waals surface area contributed by atoms with E-state index in [0.717, 1.165) is 0 Å². The molecule has 0 unspecified atom stereocenters. The normalized spacial score (nSPS) is 8.43. The van der Waals surface area contributed by atoms with Crippen LogP contribution in [0.4, 0.5) is 0 Å². The van der Waals surface area contributed by atoms with Gasteiger partial charge in [-0.2, -0.15) is 0 Å². The van der Waals surface area contributed by atoms with E-state index in [9.17, 15) is 0 Å². The Kier molecular flexibility index (Phi) is 11.8. The van der Waals surface area contributed by atoms with Crippen LogP contribution < -0.4 is 0 Å². The average Bonchev–Trinajstić information content (AvgIpc) is 0.722. The van der Waals surface area contributed by atoms with Gasteiger partial charge in [-0.05, 0) is 0 Å².